The van der Waals surface area contributed by atoms with Crippen LogP contribution in [0, 0.1) is 0 Å². The van der Waals surface area contributed by atoms with Gasteiger partial charge in [0.05, 0.1) is 123 Å². The highest BCUT2D eigenvalue weighted by molar-refractivity contribution is 7.48. The van der Waals surface area contributed by atoms with E-state index >= 15 is 0 Å². The standard InChI is InChI=1S/C53H98N9O27P/c1-32(2)88-90(77,78-3)89-33-8-15-61(16-9-33)40(69)6-4-7-41(70)62(28-39(68)59-12-19-81-22-25-84-53-44(56)50(76)47(73)36(31-65)87-53)14-5-13-60(26-37(66)57-10-17-79-20-23-82-51-42(54)48(74)45(71)34(29-63)85-51)27-38(67)58-11-18-80-21-24-83-52-43(55)49(75)46(72)35(30-64)86-52/h32-36,42-46,48-49,51-53,63-65,71-76H,4-31,54-56H2,1-3H3,(H,57,66)(H,58,67)(H,59,68). The number of phosphoric ester groups is 1. The third-order valence-electron chi connectivity index (χ3n) is 14.5. The highest BCUT2D eigenvalue weighted by Crippen LogP contribution is 2.51. The van der Waals surface area contributed by atoms with E-state index in [1.807, 2.05) is 0 Å². The number of ether oxygens (including phenoxy) is 9. The predicted molar refractivity (Wildman–Crippen MR) is 310 cm³/mol. The smallest absolute Gasteiger partial charge is 0.475 e. The SMILES string of the molecule is COP(=O)(OC(C)C)OC1CCN(C(=O)CCCC(=O)N(CCCN(CC(=O)NCCOCCOC2OC(CO)C(O)C(O)C2N)CC(=O)NCCOCCOC2OC(CO)C(O)C(O)C2N)CC(=O)NCCOCCOC2OC(CO)C(O)=C(O)C2N)CC1. The van der Waals surface area contributed by atoms with Crippen molar-refractivity contribution < 1.29 is 131 Å². The number of carbonyl (C=O) groups excluding carboxylic acids is 5. The van der Waals surface area contributed by atoms with Crippen LogP contribution in [0.15, 0.2) is 11.5 Å². The Morgan fingerprint density at radius 3 is 1.56 bits per heavy atom. The number of carbonyl (C=O) groups is 5. The third kappa shape index (κ3) is 26.8. The van der Waals surface area contributed by atoms with E-state index in [2.05, 4.69) is 16.0 Å². The van der Waals surface area contributed by atoms with Crippen LogP contribution in [0.3, 0.4) is 0 Å². The Hall–Kier alpha value is -4.00. The van der Waals surface area contributed by atoms with E-state index in [-0.39, 0.29) is 137 Å². The van der Waals surface area contributed by atoms with Gasteiger partial charge in [0.25, 0.3) is 0 Å². The molecule has 4 aliphatic rings. The van der Waals surface area contributed by atoms with E-state index in [0.717, 1.165) is 0 Å². The molecule has 37 heteroatoms. The lowest BCUT2D eigenvalue weighted by Gasteiger charge is -2.40. The van der Waals surface area contributed by atoms with Gasteiger partial charge in [-0.15, -0.1) is 0 Å². The molecule has 14 unspecified atom stereocenters. The van der Waals surface area contributed by atoms with Crippen molar-refractivity contribution in [2.75, 3.05) is 152 Å². The lowest BCUT2D eigenvalue weighted by Crippen LogP contribution is -2.62. The molecular weight excluding hydrogens is 1230 g/mol. The average Bonchev–Trinajstić information content (AvgIpc) is 1.13. The first-order valence-electron chi connectivity index (χ1n) is 30.0. The number of phosphoric acid groups is 1. The summed E-state index contributed by atoms with van der Waals surface area (Å²) in [5.41, 5.74) is 17.7. The van der Waals surface area contributed by atoms with Crippen LogP contribution in [0.4, 0.5) is 0 Å². The van der Waals surface area contributed by atoms with E-state index in [9.17, 15) is 74.5 Å². The van der Waals surface area contributed by atoms with Gasteiger partial charge in [0, 0.05) is 65.8 Å². The van der Waals surface area contributed by atoms with Crippen molar-refractivity contribution >= 4 is 37.4 Å². The van der Waals surface area contributed by atoms with Gasteiger partial charge >= 0.3 is 7.82 Å². The van der Waals surface area contributed by atoms with E-state index in [0.29, 0.717) is 25.9 Å². The Morgan fingerprint density at radius 2 is 1.10 bits per heavy atom. The molecule has 0 aliphatic carbocycles. The van der Waals surface area contributed by atoms with Gasteiger partial charge in [0.2, 0.25) is 29.5 Å². The van der Waals surface area contributed by atoms with Gasteiger partial charge in [0.1, 0.15) is 48.8 Å². The average molecular weight is 1320 g/mol. The number of aliphatic hydroxyl groups is 9. The first-order chi connectivity index (χ1) is 42.9. The van der Waals surface area contributed by atoms with Gasteiger partial charge in [0.15, 0.2) is 30.4 Å². The zero-order chi connectivity index (χ0) is 66.3. The molecule has 18 N–H and O–H groups in total. The number of nitrogens with one attached hydrogen (secondary N) is 3. The molecular formula is C53H98N9O27P. The van der Waals surface area contributed by atoms with Crippen LogP contribution in [0.25, 0.3) is 0 Å². The number of hydrogen-bond acceptors (Lipinski definition) is 31. The predicted octanol–water partition coefficient (Wildman–Crippen LogP) is -6.78. The van der Waals surface area contributed by atoms with E-state index in [1.54, 1.807) is 18.7 Å². The summed E-state index contributed by atoms with van der Waals surface area (Å²) in [4.78, 5) is 71.8. The van der Waals surface area contributed by atoms with Crippen molar-refractivity contribution in [2.45, 2.75) is 144 Å². The summed E-state index contributed by atoms with van der Waals surface area (Å²) in [5, 5.41) is 96.9. The summed E-state index contributed by atoms with van der Waals surface area (Å²) in [5.74, 6) is -3.42. The first kappa shape index (κ1) is 78.4. The quantitative estimate of drug-likeness (QED) is 0.0199. The second-order valence-electron chi connectivity index (χ2n) is 21.7. The van der Waals surface area contributed by atoms with Crippen LogP contribution in [-0.4, -0.2) is 334 Å². The number of hydrogen-bond donors (Lipinski definition) is 15. The number of amides is 5. The minimum atomic E-state index is -3.81. The van der Waals surface area contributed by atoms with Crippen LogP contribution < -0.4 is 33.2 Å². The second kappa shape index (κ2) is 41.6. The van der Waals surface area contributed by atoms with Gasteiger partial charge in [-0.25, -0.2) is 4.57 Å². The fourth-order valence-corrected chi connectivity index (χ4v) is 10.8. The Kier molecular flexibility index (Phi) is 36.3. The summed E-state index contributed by atoms with van der Waals surface area (Å²) in [7, 11) is -2.58. The maximum atomic E-state index is 13.9. The normalized spacial score (nSPS) is 27.4. The lowest BCUT2D eigenvalue weighted by atomic mass is 9.98. The zero-order valence-electron chi connectivity index (χ0n) is 51.4. The van der Waals surface area contributed by atoms with E-state index in [4.69, 9.17) is 73.4 Å². The summed E-state index contributed by atoms with van der Waals surface area (Å²) >= 11 is 0. The molecule has 4 heterocycles. The Bertz CT molecular complexity index is 2150. The van der Waals surface area contributed by atoms with Crippen molar-refractivity contribution in [1.82, 2.24) is 30.7 Å². The van der Waals surface area contributed by atoms with Crippen molar-refractivity contribution in [3.8, 4) is 0 Å². The molecule has 3 fully saturated rings. The molecule has 0 aromatic rings. The van der Waals surface area contributed by atoms with Crippen LogP contribution in [0.1, 0.15) is 52.4 Å². The van der Waals surface area contributed by atoms with Gasteiger partial charge in [-0.05, 0) is 39.5 Å². The molecule has 36 nitrogen and oxygen atoms in total. The van der Waals surface area contributed by atoms with Crippen LogP contribution in [-0.2, 0) is 84.7 Å². The van der Waals surface area contributed by atoms with E-state index < -0.39 is 161 Å². The maximum absolute atomic E-state index is 13.9. The molecule has 3 saturated heterocycles. The minimum absolute atomic E-state index is 0.000316. The number of nitrogens with zero attached hydrogens (tertiary/aromatic N) is 3. The largest absolute Gasteiger partial charge is 0.507 e. The molecule has 0 spiro atoms. The fraction of sp³-hybridized carbons (Fsp3) is 0.868. The van der Waals surface area contributed by atoms with Crippen LogP contribution in [0.5, 0.6) is 0 Å². The van der Waals surface area contributed by atoms with Gasteiger partial charge in [-0.2, -0.15) is 0 Å². The molecule has 0 bridgehead atoms. The molecule has 0 aromatic carbocycles. The molecule has 5 amide bonds. The number of nitrogens with two attached hydrogens (primary N) is 3. The summed E-state index contributed by atoms with van der Waals surface area (Å²) < 4.78 is 78.5. The minimum Gasteiger partial charge on any atom is -0.507 e. The maximum Gasteiger partial charge on any atom is 0.475 e. The lowest BCUT2D eigenvalue weighted by molar-refractivity contribution is -0.267. The fourth-order valence-electron chi connectivity index (χ4n) is 9.53. The van der Waals surface area contributed by atoms with Gasteiger partial charge in [-0.1, -0.05) is 0 Å². The number of likely N-dealkylation sites (tertiary alicyclic amines) is 1. The first-order valence-corrected chi connectivity index (χ1v) is 31.5. The van der Waals surface area contributed by atoms with Crippen molar-refractivity contribution in [3.05, 3.63) is 11.5 Å². The van der Waals surface area contributed by atoms with E-state index in [1.165, 1.54) is 16.9 Å². The van der Waals surface area contributed by atoms with Crippen LogP contribution >= 0.6 is 7.82 Å². The monoisotopic (exact) mass is 1320 g/mol. The van der Waals surface area contributed by atoms with Gasteiger partial charge < -0.3 is 132 Å². The molecule has 0 radical (unpaired) electrons. The van der Waals surface area contributed by atoms with Gasteiger partial charge in [-0.3, -0.25) is 42.4 Å². The molecule has 14 atom stereocenters. The van der Waals surface area contributed by atoms with Crippen molar-refractivity contribution in [2.24, 2.45) is 17.2 Å². The molecule has 522 valence electrons. The molecule has 0 saturated carbocycles. The Morgan fingerprint density at radius 1 is 0.622 bits per heavy atom. The highest BCUT2D eigenvalue weighted by Gasteiger charge is 2.45. The molecule has 90 heavy (non-hydrogen) atoms. The number of aliphatic hydroxyl groups excluding tert-OH is 9. The third-order valence-corrected chi connectivity index (χ3v) is 16.2. The topological polar surface area (TPSA) is 519 Å². The van der Waals surface area contributed by atoms with Crippen molar-refractivity contribution in [3.63, 3.8) is 0 Å². The zero-order valence-corrected chi connectivity index (χ0v) is 52.2. The Balaban J connectivity index is 1.32. The second-order valence-corrected chi connectivity index (χ2v) is 23.4. The summed E-state index contributed by atoms with van der Waals surface area (Å²) in [6.45, 7) is 1.12. The van der Waals surface area contributed by atoms with Crippen LogP contribution in [0.2, 0.25) is 0 Å². The Labute approximate surface area is 522 Å². The highest BCUT2D eigenvalue weighted by atomic mass is 31.2. The number of piperidine rings is 1. The summed E-state index contributed by atoms with van der Waals surface area (Å²) in [6, 6.07) is -3.43. The molecule has 4 rings (SSSR count). The number of rotatable bonds is 43. The summed E-state index contributed by atoms with van der Waals surface area (Å²) in [6.07, 6.45) is -12.6. The van der Waals surface area contributed by atoms with Crippen molar-refractivity contribution in [1.29, 1.82) is 0 Å². The molecule has 4 aliphatic heterocycles. The molecule has 0 aromatic heterocycles.